The number of para-hydroxylation sites is 1. The molecule has 2 aromatic rings. The summed E-state index contributed by atoms with van der Waals surface area (Å²) in [6.45, 7) is 2.16. The molecule has 0 radical (unpaired) electrons. The molecule has 7 heteroatoms. The van der Waals surface area contributed by atoms with E-state index in [1.807, 2.05) is 24.3 Å². The lowest BCUT2D eigenvalue weighted by molar-refractivity contribution is -0.142. The molecule has 2 amide bonds. The fraction of sp³-hybridized carbons (Fsp3) is 0.318. The van der Waals surface area contributed by atoms with E-state index < -0.39 is 18.0 Å². The first-order valence-electron chi connectivity index (χ1n) is 9.63. The number of anilines is 1. The fourth-order valence-electron chi connectivity index (χ4n) is 4.00. The van der Waals surface area contributed by atoms with Crippen LogP contribution in [0.5, 0.6) is 5.75 Å². The number of carbonyl (C=O) groups excluding carboxylic acids is 2. The molecule has 2 aromatic carbocycles. The van der Waals surface area contributed by atoms with Crippen molar-refractivity contribution in [3.63, 3.8) is 0 Å². The van der Waals surface area contributed by atoms with E-state index >= 15 is 0 Å². The number of likely N-dealkylation sites (tertiary alicyclic amines) is 1. The highest BCUT2D eigenvalue weighted by Crippen LogP contribution is 2.29. The van der Waals surface area contributed by atoms with Gasteiger partial charge in [0.05, 0.1) is 5.92 Å². The predicted molar refractivity (Wildman–Crippen MR) is 106 cm³/mol. The van der Waals surface area contributed by atoms with Crippen molar-refractivity contribution in [2.24, 2.45) is 5.92 Å². The SMILES string of the molecule is CC1C(C(=O)O)CCN1C(=O)c1cccc(NC(=O)C2Cc3ccccc3O2)c1. The van der Waals surface area contributed by atoms with Crippen molar-refractivity contribution in [1.29, 1.82) is 0 Å². The molecule has 2 aliphatic heterocycles. The Labute approximate surface area is 168 Å². The second-order valence-corrected chi connectivity index (χ2v) is 7.46. The normalized spacial score (nSPS) is 22.7. The number of carbonyl (C=O) groups is 3. The highest BCUT2D eigenvalue weighted by atomic mass is 16.5. The molecule has 7 nitrogen and oxygen atoms in total. The average molecular weight is 394 g/mol. The van der Waals surface area contributed by atoms with Crippen molar-refractivity contribution in [1.82, 2.24) is 4.90 Å². The zero-order valence-electron chi connectivity index (χ0n) is 16.0. The lowest BCUT2D eigenvalue weighted by atomic mass is 10.0. The summed E-state index contributed by atoms with van der Waals surface area (Å²) in [6.07, 6.45) is 0.336. The molecular formula is C22H22N2O5. The first-order chi connectivity index (χ1) is 13.9. The van der Waals surface area contributed by atoms with E-state index in [-0.39, 0.29) is 17.9 Å². The standard InChI is InChI=1S/C22H22N2O5/c1-13-17(22(27)28)9-10-24(13)21(26)15-6-4-7-16(11-15)23-20(25)19-12-14-5-2-3-8-18(14)29-19/h2-8,11,13,17,19H,9-10,12H2,1H3,(H,23,25)(H,27,28). The first kappa shape index (κ1) is 19.0. The van der Waals surface area contributed by atoms with Crippen LogP contribution in [-0.4, -0.2) is 46.5 Å². The number of hydrogen-bond donors (Lipinski definition) is 2. The summed E-state index contributed by atoms with van der Waals surface area (Å²) < 4.78 is 5.71. The molecule has 3 atom stereocenters. The summed E-state index contributed by atoms with van der Waals surface area (Å²) in [6, 6.07) is 13.9. The van der Waals surface area contributed by atoms with Gasteiger partial charge in [-0.2, -0.15) is 0 Å². The van der Waals surface area contributed by atoms with Crippen molar-refractivity contribution >= 4 is 23.5 Å². The number of amides is 2. The lowest BCUT2D eigenvalue weighted by Crippen LogP contribution is -2.37. The lowest BCUT2D eigenvalue weighted by Gasteiger charge is -2.23. The maximum atomic E-state index is 12.9. The van der Waals surface area contributed by atoms with E-state index in [1.54, 1.807) is 36.1 Å². The number of benzene rings is 2. The number of nitrogens with one attached hydrogen (secondary N) is 1. The topological polar surface area (TPSA) is 95.9 Å². The molecule has 1 saturated heterocycles. The number of carboxylic acids is 1. The molecule has 0 saturated carbocycles. The van der Waals surface area contributed by atoms with Gasteiger partial charge in [0.25, 0.3) is 11.8 Å². The van der Waals surface area contributed by atoms with Gasteiger partial charge in [0.1, 0.15) is 5.75 Å². The zero-order valence-corrected chi connectivity index (χ0v) is 16.0. The molecule has 1 fully saturated rings. The number of fused-ring (bicyclic) bond motifs is 1. The number of rotatable bonds is 4. The van der Waals surface area contributed by atoms with Gasteiger partial charge in [-0.1, -0.05) is 24.3 Å². The Hall–Kier alpha value is -3.35. The van der Waals surface area contributed by atoms with Crippen LogP contribution in [0.15, 0.2) is 48.5 Å². The highest BCUT2D eigenvalue weighted by molar-refractivity contribution is 5.99. The Morgan fingerprint density at radius 2 is 1.93 bits per heavy atom. The Morgan fingerprint density at radius 1 is 1.14 bits per heavy atom. The molecule has 2 heterocycles. The third-order valence-electron chi connectivity index (χ3n) is 5.65. The summed E-state index contributed by atoms with van der Waals surface area (Å²) >= 11 is 0. The third kappa shape index (κ3) is 3.68. The van der Waals surface area contributed by atoms with Gasteiger partial charge in [-0.15, -0.1) is 0 Å². The second kappa shape index (κ2) is 7.58. The molecule has 0 aliphatic carbocycles. The van der Waals surface area contributed by atoms with Crippen LogP contribution in [0.1, 0.15) is 29.3 Å². The van der Waals surface area contributed by atoms with Crippen LogP contribution in [0.25, 0.3) is 0 Å². The van der Waals surface area contributed by atoms with Crippen LogP contribution in [-0.2, 0) is 16.0 Å². The van der Waals surface area contributed by atoms with Crippen molar-refractivity contribution in [3.8, 4) is 5.75 Å². The van der Waals surface area contributed by atoms with Crippen molar-refractivity contribution in [2.45, 2.75) is 31.9 Å². The van der Waals surface area contributed by atoms with Crippen LogP contribution >= 0.6 is 0 Å². The Kier molecular flexibility index (Phi) is 4.96. The maximum absolute atomic E-state index is 12.9. The van der Waals surface area contributed by atoms with Gasteiger partial charge in [0.15, 0.2) is 6.10 Å². The third-order valence-corrected chi connectivity index (χ3v) is 5.65. The minimum Gasteiger partial charge on any atom is -0.481 e. The van der Waals surface area contributed by atoms with Crippen LogP contribution in [0.4, 0.5) is 5.69 Å². The van der Waals surface area contributed by atoms with Gasteiger partial charge in [-0.3, -0.25) is 14.4 Å². The zero-order chi connectivity index (χ0) is 20.5. The molecular weight excluding hydrogens is 372 g/mol. The van der Waals surface area contributed by atoms with Gasteiger partial charge < -0.3 is 20.1 Å². The van der Waals surface area contributed by atoms with Crippen LogP contribution in [0, 0.1) is 5.92 Å². The molecule has 2 N–H and O–H groups in total. The summed E-state index contributed by atoms with van der Waals surface area (Å²) in [7, 11) is 0. The molecule has 4 rings (SSSR count). The van der Waals surface area contributed by atoms with Crippen LogP contribution in [0.3, 0.4) is 0 Å². The van der Waals surface area contributed by atoms with Crippen LogP contribution in [0.2, 0.25) is 0 Å². The van der Waals surface area contributed by atoms with E-state index in [0.29, 0.717) is 36.4 Å². The summed E-state index contributed by atoms with van der Waals surface area (Å²) in [5, 5.41) is 12.1. The van der Waals surface area contributed by atoms with Crippen LogP contribution < -0.4 is 10.1 Å². The van der Waals surface area contributed by atoms with E-state index in [1.165, 1.54) is 0 Å². The highest BCUT2D eigenvalue weighted by Gasteiger charge is 2.38. The quantitative estimate of drug-likeness (QED) is 0.831. The number of ether oxygens (including phenoxy) is 1. The summed E-state index contributed by atoms with van der Waals surface area (Å²) in [4.78, 5) is 38.3. The monoisotopic (exact) mass is 394 g/mol. The van der Waals surface area contributed by atoms with Crippen molar-refractivity contribution < 1.29 is 24.2 Å². The smallest absolute Gasteiger partial charge is 0.308 e. The minimum atomic E-state index is -0.883. The summed E-state index contributed by atoms with van der Waals surface area (Å²) in [5.74, 6) is -1.23. The van der Waals surface area contributed by atoms with Gasteiger partial charge in [-0.25, -0.2) is 0 Å². The molecule has 2 aliphatic rings. The van der Waals surface area contributed by atoms with Gasteiger partial charge in [0.2, 0.25) is 0 Å². The molecule has 150 valence electrons. The van der Waals surface area contributed by atoms with Gasteiger partial charge in [0, 0.05) is 30.3 Å². The van der Waals surface area contributed by atoms with Crippen molar-refractivity contribution in [2.75, 3.05) is 11.9 Å². The first-order valence-corrected chi connectivity index (χ1v) is 9.63. The molecule has 29 heavy (non-hydrogen) atoms. The largest absolute Gasteiger partial charge is 0.481 e. The number of carboxylic acid groups (broad SMARTS) is 1. The fourth-order valence-corrected chi connectivity index (χ4v) is 4.00. The Morgan fingerprint density at radius 3 is 2.66 bits per heavy atom. The molecule has 0 spiro atoms. The summed E-state index contributed by atoms with van der Waals surface area (Å²) in [5.41, 5.74) is 1.91. The number of aliphatic carboxylic acids is 1. The molecule has 3 unspecified atom stereocenters. The number of hydrogen-bond acceptors (Lipinski definition) is 4. The average Bonchev–Trinajstić information content (AvgIpc) is 3.31. The van der Waals surface area contributed by atoms with E-state index in [9.17, 15) is 19.5 Å². The minimum absolute atomic E-state index is 0.234. The Bertz CT molecular complexity index is 948. The molecule has 0 bridgehead atoms. The number of nitrogens with zero attached hydrogens (tertiary/aromatic N) is 1. The van der Waals surface area contributed by atoms with E-state index in [0.717, 1.165) is 5.56 Å². The van der Waals surface area contributed by atoms with E-state index in [4.69, 9.17) is 4.74 Å². The van der Waals surface area contributed by atoms with E-state index in [2.05, 4.69) is 5.32 Å². The van der Waals surface area contributed by atoms with Gasteiger partial charge in [-0.05, 0) is 43.2 Å². The molecule has 0 aromatic heterocycles. The second-order valence-electron chi connectivity index (χ2n) is 7.46. The van der Waals surface area contributed by atoms with Crippen molar-refractivity contribution in [3.05, 3.63) is 59.7 Å². The van der Waals surface area contributed by atoms with Gasteiger partial charge >= 0.3 is 5.97 Å². The maximum Gasteiger partial charge on any atom is 0.308 e. The predicted octanol–water partition coefficient (Wildman–Crippen LogP) is 2.56. The Balaban J connectivity index is 1.43.